The van der Waals surface area contributed by atoms with Gasteiger partial charge in [0.1, 0.15) is 5.82 Å². The van der Waals surface area contributed by atoms with Gasteiger partial charge in [-0.2, -0.15) is 4.98 Å². The largest absolute Gasteiger partial charge is 0.392 e. The highest BCUT2D eigenvalue weighted by molar-refractivity contribution is 9.10. The molecule has 0 bridgehead atoms. The van der Waals surface area contributed by atoms with E-state index in [-0.39, 0.29) is 11.9 Å². The molecule has 0 spiro atoms. The number of β-amino-alcohol motifs (C(OH)–C–C–N with tert-alkyl or cyclic N) is 1. The van der Waals surface area contributed by atoms with Gasteiger partial charge >= 0.3 is 0 Å². The molecule has 2 N–H and O–H groups in total. The third-order valence-corrected chi connectivity index (χ3v) is 3.68. The minimum atomic E-state index is -0.391. The van der Waals surface area contributed by atoms with Crippen LogP contribution in [0.5, 0.6) is 0 Å². The molecule has 3 rings (SSSR count). The zero-order chi connectivity index (χ0) is 13.4. The predicted octanol–water partition coefficient (Wildman–Crippen LogP) is 2.03. The number of hydrogen-bond acceptors (Lipinski definition) is 5. The van der Waals surface area contributed by atoms with Crippen molar-refractivity contribution < 1.29 is 14.0 Å². The fourth-order valence-corrected chi connectivity index (χ4v) is 2.59. The molecule has 2 atom stereocenters. The Hall–Kier alpha value is -1.31. The molecule has 5 nitrogen and oxygen atoms in total. The topological polar surface area (TPSA) is 71.2 Å². The SMILES string of the molecule is O[C@@H]1CN[C@H](c2nc(-c3ccc(F)cc3Br)no2)C1. The van der Waals surface area contributed by atoms with Crippen molar-refractivity contribution in [2.24, 2.45) is 0 Å². The number of rotatable bonds is 2. The molecule has 1 aromatic heterocycles. The maximum absolute atomic E-state index is 13.0. The maximum Gasteiger partial charge on any atom is 0.244 e. The fourth-order valence-electron chi connectivity index (χ4n) is 2.06. The molecular formula is C12H11BrFN3O2. The summed E-state index contributed by atoms with van der Waals surface area (Å²) in [6.07, 6.45) is 0.157. The molecule has 1 aliphatic heterocycles. The van der Waals surface area contributed by atoms with Gasteiger partial charge in [0, 0.05) is 16.6 Å². The molecule has 7 heteroatoms. The molecule has 2 aromatic rings. The van der Waals surface area contributed by atoms with Crippen LogP contribution in [-0.4, -0.2) is 27.9 Å². The lowest BCUT2D eigenvalue weighted by Crippen LogP contribution is -2.15. The molecule has 100 valence electrons. The Morgan fingerprint density at radius 2 is 2.32 bits per heavy atom. The number of nitrogens with one attached hydrogen (secondary N) is 1. The molecule has 1 aromatic carbocycles. The van der Waals surface area contributed by atoms with Gasteiger partial charge in [0.25, 0.3) is 0 Å². The van der Waals surface area contributed by atoms with Crippen molar-refractivity contribution in [2.45, 2.75) is 18.6 Å². The van der Waals surface area contributed by atoms with Gasteiger partial charge in [-0.15, -0.1) is 0 Å². The lowest BCUT2D eigenvalue weighted by atomic mass is 10.2. The Morgan fingerprint density at radius 1 is 1.47 bits per heavy atom. The summed E-state index contributed by atoms with van der Waals surface area (Å²) >= 11 is 3.27. The van der Waals surface area contributed by atoms with Gasteiger partial charge in [-0.1, -0.05) is 5.16 Å². The Morgan fingerprint density at radius 3 is 3.00 bits per heavy atom. The quantitative estimate of drug-likeness (QED) is 0.883. The standard InChI is InChI=1S/C12H11BrFN3O2/c13-9-3-6(14)1-2-8(9)11-16-12(19-17-11)10-4-7(18)5-15-10/h1-3,7,10,15,18H,4-5H2/t7-,10-/m0/s1. The van der Waals surface area contributed by atoms with Crippen molar-refractivity contribution in [2.75, 3.05) is 6.54 Å². The van der Waals surface area contributed by atoms with Crippen LogP contribution < -0.4 is 5.32 Å². The first kappa shape index (κ1) is 12.7. The van der Waals surface area contributed by atoms with Crippen LogP contribution in [0, 0.1) is 5.82 Å². The van der Waals surface area contributed by atoms with Crippen LogP contribution >= 0.6 is 15.9 Å². The highest BCUT2D eigenvalue weighted by Crippen LogP contribution is 2.29. The Bertz CT molecular complexity index is 604. The molecule has 0 amide bonds. The van der Waals surface area contributed by atoms with E-state index in [1.165, 1.54) is 12.1 Å². The summed E-state index contributed by atoms with van der Waals surface area (Å²) in [7, 11) is 0. The van der Waals surface area contributed by atoms with Gasteiger partial charge < -0.3 is 14.9 Å². The van der Waals surface area contributed by atoms with Gasteiger partial charge in [0.05, 0.1) is 12.1 Å². The first-order chi connectivity index (χ1) is 9.13. The maximum atomic E-state index is 13.0. The minimum Gasteiger partial charge on any atom is -0.392 e. The molecule has 0 unspecified atom stereocenters. The van der Waals surface area contributed by atoms with Crippen LogP contribution in [0.25, 0.3) is 11.4 Å². The number of hydrogen-bond donors (Lipinski definition) is 2. The summed E-state index contributed by atoms with van der Waals surface area (Å²) in [5, 5.41) is 16.4. The van der Waals surface area contributed by atoms with E-state index >= 15 is 0 Å². The smallest absolute Gasteiger partial charge is 0.244 e. The number of benzene rings is 1. The fraction of sp³-hybridized carbons (Fsp3) is 0.333. The third kappa shape index (κ3) is 2.54. The van der Waals surface area contributed by atoms with E-state index in [0.29, 0.717) is 34.7 Å². The first-order valence-corrected chi connectivity index (χ1v) is 6.63. The summed E-state index contributed by atoms with van der Waals surface area (Å²) in [4.78, 5) is 4.28. The zero-order valence-corrected chi connectivity index (χ0v) is 11.4. The summed E-state index contributed by atoms with van der Waals surface area (Å²) in [5.41, 5.74) is 0.662. The van der Waals surface area contributed by atoms with Gasteiger partial charge in [-0.05, 0) is 40.5 Å². The molecule has 19 heavy (non-hydrogen) atoms. The second-order valence-electron chi connectivity index (χ2n) is 4.43. The van der Waals surface area contributed by atoms with E-state index in [1.54, 1.807) is 6.07 Å². The number of aliphatic hydroxyl groups is 1. The van der Waals surface area contributed by atoms with Crippen LogP contribution in [0.15, 0.2) is 27.2 Å². The summed E-state index contributed by atoms with van der Waals surface area (Å²) in [6, 6.07) is 4.15. The van der Waals surface area contributed by atoms with E-state index < -0.39 is 6.10 Å². The third-order valence-electron chi connectivity index (χ3n) is 3.02. The number of halogens is 2. The molecule has 2 heterocycles. The van der Waals surface area contributed by atoms with Gasteiger partial charge in [-0.25, -0.2) is 4.39 Å². The van der Waals surface area contributed by atoms with Gasteiger partial charge in [-0.3, -0.25) is 0 Å². The number of aromatic nitrogens is 2. The molecule has 1 saturated heterocycles. The van der Waals surface area contributed by atoms with E-state index in [1.807, 2.05) is 0 Å². The van der Waals surface area contributed by atoms with Crippen molar-refractivity contribution in [3.05, 3.63) is 34.4 Å². The minimum absolute atomic E-state index is 0.129. The van der Waals surface area contributed by atoms with Gasteiger partial charge in [0.15, 0.2) is 0 Å². The van der Waals surface area contributed by atoms with Crippen LogP contribution in [-0.2, 0) is 0 Å². The molecule has 0 aliphatic carbocycles. The van der Waals surface area contributed by atoms with Crippen LogP contribution in [0.4, 0.5) is 4.39 Å². The molecule has 1 fully saturated rings. The monoisotopic (exact) mass is 327 g/mol. The van der Waals surface area contributed by atoms with Crippen molar-refractivity contribution in [3.8, 4) is 11.4 Å². The lowest BCUT2D eigenvalue weighted by Gasteiger charge is -2.02. The lowest BCUT2D eigenvalue weighted by molar-refractivity contribution is 0.191. The highest BCUT2D eigenvalue weighted by Gasteiger charge is 2.28. The number of aliphatic hydroxyl groups excluding tert-OH is 1. The average molecular weight is 328 g/mol. The molecule has 1 aliphatic rings. The van der Waals surface area contributed by atoms with E-state index in [4.69, 9.17) is 4.52 Å². The normalized spacial score (nSPS) is 22.9. The summed E-state index contributed by atoms with van der Waals surface area (Å²) < 4.78 is 18.8. The van der Waals surface area contributed by atoms with Crippen LogP contribution in [0.3, 0.4) is 0 Å². The van der Waals surface area contributed by atoms with Crippen molar-refractivity contribution in [1.82, 2.24) is 15.5 Å². The van der Waals surface area contributed by atoms with Crippen LogP contribution in [0.2, 0.25) is 0 Å². The zero-order valence-electron chi connectivity index (χ0n) is 9.81. The Labute approximate surface area is 117 Å². The van der Waals surface area contributed by atoms with Crippen molar-refractivity contribution in [1.29, 1.82) is 0 Å². The molecule has 0 saturated carbocycles. The number of nitrogens with zero attached hydrogens (tertiary/aromatic N) is 2. The highest BCUT2D eigenvalue weighted by atomic mass is 79.9. The Balaban J connectivity index is 1.88. The van der Waals surface area contributed by atoms with Crippen LogP contribution in [0.1, 0.15) is 18.4 Å². The molecule has 0 radical (unpaired) electrons. The Kier molecular flexibility index (Phi) is 3.34. The average Bonchev–Trinajstić information content (AvgIpc) is 2.97. The van der Waals surface area contributed by atoms with Crippen molar-refractivity contribution in [3.63, 3.8) is 0 Å². The van der Waals surface area contributed by atoms with Gasteiger partial charge in [0.2, 0.25) is 11.7 Å². The summed E-state index contributed by atoms with van der Waals surface area (Å²) in [5.74, 6) is 0.493. The second kappa shape index (κ2) is 4.99. The predicted molar refractivity (Wildman–Crippen MR) is 68.8 cm³/mol. The first-order valence-electron chi connectivity index (χ1n) is 5.84. The second-order valence-corrected chi connectivity index (χ2v) is 5.29. The van der Waals surface area contributed by atoms with E-state index in [2.05, 4.69) is 31.4 Å². The molecular weight excluding hydrogens is 317 g/mol. The van der Waals surface area contributed by atoms with E-state index in [9.17, 15) is 9.50 Å². The van der Waals surface area contributed by atoms with Crippen molar-refractivity contribution >= 4 is 15.9 Å². The summed E-state index contributed by atoms with van der Waals surface area (Å²) in [6.45, 7) is 0.516. The van der Waals surface area contributed by atoms with E-state index in [0.717, 1.165) is 0 Å².